The van der Waals surface area contributed by atoms with E-state index in [1.807, 2.05) is 24.5 Å². The lowest BCUT2D eigenvalue weighted by atomic mass is 9.76. The largest absolute Gasteiger partial charge is 0.396 e. The average molecular weight is 396 g/mol. The van der Waals surface area contributed by atoms with Crippen LogP contribution >= 0.6 is 0 Å². The first kappa shape index (κ1) is 19.1. The van der Waals surface area contributed by atoms with Crippen molar-refractivity contribution in [2.24, 2.45) is 11.8 Å². The van der Waals surface area contributed by atoms with Gasteiger partial charge < -0.3 is 19.8 Å². The van der Waals surface area contributed by atoms with Gasteiger partial charge in [0.25, 0.3) is 0 Å². The van der Waals surface area contributed by atoms with E-state index in [4.69, 9.17) is 4.74 Å². The predicted molar refractivity (Wildman–Crippen MR) is 108 cm³/mol. The fourth-order valence-electron chi connectivity index (χ4n) is 5.61. The minimum absolute atomic E-state index is 0.0382. The number of rotatable bonds is 3. The van der Waals surface area contributed by atoms with Gasteiger partial charge in [-0.05, 0) is 54.9 Å². The van der Waals surface area contributed by atoms with E-state index in [0.29, 0.717) is 12.5 Å². The number of ether oxygens (including phenoxy) is 1. The van der Waals surface area contributed by atoms with Gasteiger partial charge in [0, 0.05) is 49.7 Å². The Balaban J connectivity index is 1.28. The molecule has 1 spiro atoms. The Morgan fingerprint density at radius 3 is 3.07 bits per heavy atom. The molecule has 0 unspecified atom stereocenters. The molecule has 2 N–H and O–H groups in total. The van der Waals surface area contributed by atoms with Crippen LogP contribution in [0.5, 0.6) is 0 Å². The van der Waals surface area contributed by atoms with Gasteiger partial charge in [-0.3, -0.25) is 9.97 Å². The fraction of sp³-hybridized carbons (Fsp3) is 0.565. The third-order valence-corrected chi connectivity index (χ3v) is 7.15. The van der Waals surface area contributed by atoms with Gasteiger partial charge in [-0.2, -0.15) is 0 Å². The van der Waals surface area contributed by atoms with Crippen molar-refractivity contribution in [1.82, 2.24) is 14.9 Å². The van der Waals surface area contributed by atoms with Gasteiger partial charge in [-0.25, -0.2) is 0 Å². The summed E-state index contributed by atoms with van der Waals surface area (Å²) in [6.45, 7) is 3.39. The van der Waals surface area contributed by atoms with E-state index in [0.717, 1.165) is 56.6 Å². The highest BCUT2D eigenvalue weighted by Gasteiger charge is 2.49. The number of aromatic nitrogens is 2. The van der Waals surface area contributed by atoms with Crippen LogP contribution in [0.4, 0.5) is 0 Å². The van der Waals surface area contributed by atoms with Crippen molar-refractivity contribution in [1.29, 1.82) is 0 Å². The standard InChI is InChI=1S/C23H29N3O3/c27-14-19-13-26(9-6-23(19)20-11-24-8-5-18(20)15-29-23)12-16-3-4-17-2-1-7-25-22(17)21(28)10-16/h1-2,5,7-8,11,16,19,21,27-28H,3-4,6,9-10,12-15H2/t16-,19-,21+,23-/m1/s1. The lowest BCUT2D eigenvalue weighted by molar-refractivity contribution is -0.134. The van der Waals surface area contributed by atoms with Gasteiger partial charge in [0.1, 0.15) is 5.60 Å². The van der Waals surface area contributed by atoms with Crippen LogP contribution in [0.25, 0.3) is 0 Å². The number of pyridine rings is 2. The Morgan fingerprint density at radius 2 is 2.17 bits per heavy atom. The molecule has 4 atom stereocenters. The van der Waals surface area contributed by atoms with Crippen LogP contribution in [-0.4, -0.2) is 51.3 Å². The summed E-state index contributed by atoms with van der Waals surface area (Å²) in [4.78, 5) is 11.2. The Kier molecular flexibility index (Phi) is 5.12. The molecular weight excluding hydrogens is 366 g/mol. The number of hydrogen-bond donors (Lipinski definition) is 2. The molecule has 0 amide bonds. The minimum atomic E-state index is -0.486. The summed E-state index contributed by atoms with van der Waals surface area (Å²) in [6, 6.07) is 6.07. The van der Waals surface area contributed by atoms with Crippen molar-refractivity contribution in [3.63, 3.8) is 0 Å². The molecule has 6 nitrogen and oxygen atoms in total. The van der Waals surface area contributed by atoms with Gasteiger partial charge >= 0.3 is 0 Å². The molecule has 1 fully saturated rings. The first-order valence-corrected chi connectivity index (χ1v) is 10.7. The van der Waals surface area contributed by atoms with Gasteiger partial charge in [0.05, 0.1) is 25.0 Å². The zero-order valence-electron chi connectivity index (χ0n) is 16.7. The van der Waals surface area contributed by atoms with Crippen molar-refractivity contribution in [3.05, 3.63) is 59.2 Å². The van der Waals surface area contributed by atoms with Crippen LogP contribution in [0.3, 0.4) is 0 Å². The second-order valence-corrected chi connectivity index (χ2v) is 8.80. The molecule has 1 aliphatic carbocycles. The molecule has 1 saturated heterocycles. The summed E-state index contributed by atoms with van der Waals surface area (Å²) in [5, 5.41) is 20.9. The number of aryl methyl sites for hydroxylation is 1. The van der Waals surface area contributed by atoms with Crippen molar-refractivity contribution >= 4 is 0 Å². The Morgan fingerprint density at radius 1 is 1.24 bits per heavy atom. The number of aliphatic hydroxyl groups is 2. The Labute approximate surface area is 171 Å². The monoisotopic (exact) mass is 395 g/mol. The van der Waals surface area contributed by atoms with E-state index in [9.17, 15) is 10.2 Å². The SMILES string of the molecule is OC[C@H]1CN(C[C@@H]2CCc3cccnc3[C@@H](O)C2)CC[C@@]12OCc1ccncc12. The summed E-state index contributed by atoms with van der Waals surface area (Å²) in [7, 11) is 0. The highest BCUT2D eigenvalue weighted by atomic mass is 16.5. The molecule has 0 bridgehead atoms. The minimum Gasteiger partial charge on any atom is -0.396 e. The molecule has 2 aromatic rings. The van der Waals surface area contributed by atoms with Crippen molar-refractivity contribution in [2.75, 3.05) is 26.2 Å². The van der Waals surface area contributed by atoms with E-state index in [1.165, 1.54) is 11.1 Å². The molecule has 0 radical (unpaired) electrons. The van der Waals surface area contributed by atoms with Crippen LogP contribution in [-0.2, 0) is 23.4 Å². The summed E-state index contributed by atoms with van der Waals surface area (Å²) in [6.07, 6.45) is 8.67. The van der Waals surface area contributed by atoms with Crippen molar-refractivity contribution in [2.45, 2.75) is 44.0 Å². The van der Waals surface area contributed by atoms with Crippen molar-refractivity contribution < 1.29 is 14.9 Å². The van der Waals surface area contributed by atoms with Crippen LogP contribution in [0.2, 0.25) is 0 Å². The predicted octanol–water partition coefficient (Wildman–Crippen LogP) is 2.20. The van der Waals surface area contributed by atoms with Crippen LogP contribution in [0.15, 0.2) is 36.8 Å². The summed E-state index contributed by atoms with van der Waals surface area (Å²) in [5.41, 5.74) is 3.98. The summed E-state index contributed by atoms with van der Waals surface area (Å²) >= 11 is 0. The van der Waals surface area contributed by atoms with E-state index >= 15 is 0 Å². The first-order chi connectivity index (χ1) is 14.2. The summed E-state index contributed by atoms with van der Waals surface area (Å²) in [5.74, 6) is 0.460. The molecule has 5 rings (SSSR count). The topological polar surface area (TPSA) is 78.7 Å². The third-order valence-electron chi connectivity index (χ3n) is 7.15. The molecule has 2 aliphatic heterocycles. The number of nitrogens with zero attached hydrogens (tertiary/aromatic N) is 3. The zero-order valence-corrected chi connectivity index (χ0v) is 16.7. The van der Waals surface area contributed by atoms with Crippen LogP contribution < -0.4 is 0 Å². The van der Waals surface area contributed by atoms with Gasteiger partial charge in [0.2, 0.25) is 0 Å². The van der Waals surface area contributed by atoms with E-state index in [2.05, 4.69) is 20.9 Å². The zero-order chi connectivity index (χ0) is 19.8. The molecule has 0 saturated carbocycles. The number of piperidine rings is 1. The average Bonchev–Trinajstić information content (AvgIpc) is 3.04. The number of fused-ring (bicyclic) bond motifs is 3. The molecule has 6 heteroatoms. The molecule has 2 aromatic heterocycles. The normalized spacial score (nSPS) is 32.0. The van der Waals surface area contributed by atoms with Crippen molar-refractivity contribution in [3.8, 4) is 0 Å². The molecule has 0 aromatic carbocycles. The molecule has 4 heterocycles. The smallest absolute Gasteiger partial charge is 0.103 e. The van der Waals surface area contributed by atoms with E-state index in [1.54, 1.807) is 6.20 Å². The molecule has 3 aliphatic rings. The number of likely N-dealkylation sites (tertiary alicyclic amines) is 1. The lowest BCUT2D eigenvalue weighted by Gasteiger charge is -2.45. The maximum atomic E-state index is 10.7. The molecule has 29 heavy (non-hydrogen) atoms. The molecular formula is C23H29N3O3. The van der Waals surface area contributed by atoms with E-state index in [-0.39, 0.29) is 12.5 Å². The highest BCUT2D eigenvalue weighted by molar-refractivity contribution is 5.34. The van der Waals surface area contributed by atoms with E-state index < -0.39 is 11.7 Å². The fourth-order valence-corrected chi connectivity index (χ4v) is 5.61. The first-order valence-electron chi connectivity index (χ1n) is 10.7. The summed E-state index contributed by atoms with van der Waals surface area (Å²) < 4.78 is 6.30. The quantitative estimate of drug-likeness (QED) is 0.776. The maximum Gasteiger partial charge on any atom is 0.103 e. The number of aliphatic hydroxyl groups excluding tert-OH is 2. The highest BCUT2D eigenvalue weighted by Crippen LogP contribution is 2.47. The molecule has 154 valence electrons. The lowest BCUT2D eigenvalue weighted by Crippen LogP contribution is -2.52. The maximum absolute atomic E-state index is 10.7. The Hall–Kier alpha value is -1.86. The Bertz CT molecular complexity index is 876. The second kappa shape index (κ2) is 7.76. The van der Waals surface area contributed by atoms with Gasteiger partial charge in [-0.15, -0.1) is 0 Å². The van der Waals surface area contributed by atoms with Gasteiger partial charge in [0.15, 0.2) is 0 Å². The second-order valence-electron chi connectivity index (χ2n) is 8.80. The third kappa shape index (κ3) is 3.38. The van der Waals surface area contributed by atoms with Crippen LogP contribution in [0.1, 0.15) is 47.8 Å². The van der Waals surface area contributed by atoms with Gasteiger partial charge in [-0.1, -0.05) is 6.07 Å². The van der Waals surface area contributed by atoms with Crippen LogP contribution in [0, 0.1) is 11.8 Å². The number of hydrogen-bond acceptors (Lipinski definition) is 6.